The Hall–Kier alpha value is -6.26. The predicted octanol–water partition coefficient (Wildman–Crippen LogP) is 15.5. The lowest BCUT2D eigenvalue weighted by Gasteiger charge is -2.27. The van der Waals surface area contributed by atoms with E-state index in [9.17, 15) is 0 Å². The van der Waals surface area contributed by atoms with Crippen molar-refractivity contribution in [3.8, 4) is 22.3 Å². The van der Waals surface area contributed by atoms with Crippen LogP contribution in [0, 0.1) is 0 Å². The summed E-state index contributed by atoms with van der Waals surface area (Å²) in [6, 6.07) is 69.0. The SMILES string of the molecule is c1ccc(-c2ccc(N(c3ccc(-c4cc5ccccc5c5ccccc45)cc3)c3cccc4sc5ccc6c7ccccc7sc6c5c34)cc2)cc1. The summed E-state index contributed by atoms with van der Waals surface area (Å²) in [7, 11) is 0. The van der Waals surface area contributed by atoms with Crippen molar-refractivity contribution in [2.45, 2.75) is 0 Å². The van der Waals surface area contributed by atoms with E-state index >= 15 is 0 Å². The molecule has 0 amide bonds. The number of fused-ring (bicyclic) bond motifs is 10. The second-order valence-electron chi connectivity index (χ2n) is 13.7. The van der Waals surface area contributed by atoms with Crippen LogP contribution in [0.25, 0.3) is 84.1 Å². The maximum atomic E-state index is 2.46. The third-order valence-corrected chi connectivity index (χ3v) is 13.0. The Balaban J connectivity index is 1.13. The lowest BCUT2D eigenvalue weighted by molar-refractivity contribution is 1.30. The first-order chi connectivity index (χ1) is 26.3. The second kappa shape index (κ2) is 12.2. The number of hydrogen-bond donors (Lipinski definition) is 0. The Labute approximate surface area is 315 Å². The van der Waals surface area contributed by atoms with E-state index in [1.807, 2.05) is 22.7 Å². The number of rotatable bonds is 5. The molecule has 1 nitrogen and oxygen atoms in total. The highest BCUT2D eigenvalue weighted by Crippen LogP contribution is 2.50. The van der Waals surface area contributed by atoms with Gasteiger partial charge < -0.3 is 4.90 Å². The summed E-state index contributed by atoms with van der Waals surface area (Å²) in [6.07, 6.45) is 0. The van der Waals surface area contributed by atoms with Gasteiger partial charge >= 0.3 is 0 Å². The van der Waals surface area contributed by atoms with Crippen molar-refractivity contribution in [1.29, 1.82) is 0 Å². The summed E-state index contributed by atoms with van der Waals surface area (Å²) >= 11 is 3.80. The molecule has 0 N–H and O–H groups in total. The Morgan fingerprint density at radius 1 is 0.340 bits per heavy atom. The molecule has 248 valence electrons. The molecule has 2 heterocycles. The van der Waals surface area contributed by atoms with Crippen LogP contribution in [0.2, 0.25) is 0 Å². The van der Waals surface area contributed by atoms with Crippen molar-refractivity contribution in [3.05, 3.63) is 188 Å². The van der Waals surface area contributed by atoms with E-state index in [-0.39, 0.29) is 0 Å². The zero-order chi connectivity index (χ0) is 34.9. The van der Waals surface area contributed by atoms with Crippen LogP contribution in [0.1, 0.15) is 0 Å². The van der Waals surface area contributed by atoms with E-state index in [2.05, 4.69) is 193 Å². The lowest BCUT2D eigenvalue weighted by Crippen LogP contribution is -2.10. The number of nitrogens with zero attached hydrogens (tertiary/aromatic N) is 1. The number of benzene rings is 9. The fourth-order valence-corrected chi connectivity index (χ4v) is 10.7. The Kier molecular flexibility index (Phi) is 6.97. The molecule has 0 spiro atoms. The number of hydrogen-bond acceptors (Lipinski definition) is 3. The molecular weight excluding hydrogens is 679 g/mol. The highest BCUT2D eigenvalue weighted by Gasteiger charge is 2.21. The van der Waals surface area contributed by atoms with E-state index < -0.39 is 0 Å². The van der Waals surface area contributed by atoms with Gasteiger partial charge in [0.05, 0.1) is 5.69 Å². The average molecular weight is 710 g/mol. The van der Waals surface area contributed by atoms with Gasteiger partial charge in [0, 0.05) is 51.7 Å². The molecule has 0 bridgehead atoms. The zero-order valence-corrected chi connectivity index (χ0v) is 30.3. The highest BCUT2D eigenvalue weighted by atomic mass is 32.1. The molecule has 11 aromatic rings. The Morgan fingerprint density at radius 3 is 1.74 bits per heavy atom. The van der Waals surface area contributed by atoms with Gasteiger partial charge in [-0.15, -0.1) is 22.7 Å². The fourth-order valence-electron chi connectivity index (χ4n) is 8.20. The molecule has 0 aliphatic carbocycles. The van der Waals surface area contributed by atoms with E-state index in [0.29, 0.717) is 0 Å². The van der Waals surface area contributed by atoms with Crippen molar-refractivity contribution >= 4 is 102 Å². The maximum Gasteiger partial charge on any atom is 0.0555 e. The van der Waals surface area contributed by atoms with Gasteiger partial charge in [0.2, 0.25) is 0 Å². The molecule has 0 unspecified atom stereocenters. The van der Waals surface area contributed by atoms with E-state index in [4.69, 9.17) is 0 Å². The largest absolute Gasteiger partial charge is 0.310 e. The second-order valence-corrected chi connectivity index (χ2v) is 15.8. The molecule has 0 aliphatic heterocycles. The normalized spacial score (nSPS) is 11.8. The van der Waals surface area contributed by atoms with Crippen molar-refractivity contribution < 1.29 is 0 Å². The van der Waals surface area contributed by atoms with Crippen LogP contribution in [0.5, 0.6) is 0 Å². The molecule has 0 saturated carbocycles. The molecule has 53 heavy (non-hydrogen) atoms. The van der Waals surface area contributed by atoms with Gasteiger partial charge in [-0.3, -0.25) is 0 Å². The van der Waals surface area contributed by atoms with Gasteiger partial charge in [0.15, 0.2) is 0 Å². The monoisotopic (exact) mass is 709 g/mol. The van der Waals surface area contributed by atoms with Crippen LogP contribution in [0.15, 0.2) is 188 Å². The van der Waals surface area contributed by atoms with Crippen LogP contribution in [0.4, 0.5) is 17.1 Å². The fraction of sp³-hybridized carbons (Fsp3) is 0. The summed E-state index contributed by atoms with van der Waals surface area (Å²) in [5.74, 6) is 0. The first-order valence-electron chi connectivity index (χ1n) is 18.0. The van der Waals surface area contributed by atoms with Crippen LogP contribution in [-0.4, -0.2) is 0 Å². The van der Waals surface area contributed by atoms with Gasteiger partial charge in [-0.05, 0) is 98.4 Å². The Morgan fingerprint density at radius 2 is 0.943 bits per heavy atom. The van der Waals surface area contributed by atoms with Crippen LogP contribution in [0.3, 0.4) is 0 Å². The number of anilines is 3. The zero-order valence-electron chi connectivity index (χ0n) is 28.7. The molecule has 9 aromatic carbocycles. The van der Waals surface area contributed by atoms with Crippen molar-refractivity contribution in [2.24, 2.45) is 0 Å². The van der Waals surface area contributed by atoms with Gasteiger partial charge in [0.1, 0.15) is 0 Å². The minimum absolute atomic E-state index is 1.13. The van der Waals surface area contributed by atoms with Gasteiger partial charge in [-0.1, -0.05) is 133 Å². The molecule has 0 fully saturated rings. The molecule has 0 aliphatic rings. The minimum atomic E-state index is 1.13. The van der Waals surface area contributed by atoms with E-state index in [0.717, 1.165) is 11.4 Å². The molecular formula is C50H31NS2. The molecule has 0 saturated heterocycles. The van der Waals surface area contributed by atoms with Crippen molar-refractivity contribution in [3.63, 3.8) is 0 Å². The van der Waals surface area contributed by atoms with Crippen LogP contribution in [-0.2, 0) is 0 Å². The smallest absolute Gasteiger partial charge is 0.0555 e. The number of thiophene rings is 2. The summed E-state index contributed by atoms with van der Waals surface area (Å²) in [5, 5.41) is 10.4. The third-order valence-electron chi connectivity index (χ3n) is 10.7. The molecule has 0 radical (unpaired) electrons. The maximum absolute atomic E-state index is 2.46. The third kappa shape index (κ3) is 4.89. The van der Waals surface area contributed by atoms with Crippen molar-refractivity contribution in [2.75, 3.05) is 4.90 Å². The summed E-state index contributed by atoms with van der Waals surface area (Å²) in [4.78, 5) is 2.46. The highest BCUT2D eigenvalue weighted by molar-refractivity contribution is 7.29. The van der Waals surface area contributed by atoms with Gasteiger partial charge in [-0.2, -0.15) is 0 Å². The molecule has 2 aromatic heterocycles. The summed E-state index contributed by atoms with van der Waals surface area (Å²) in [5.41, 5.74) is 8.33. The van der Waals surface area contributed by atoms with Crippen molar-refractivity contribution in [1.82, 2.24) is 0 Å². The molecule has 11 rings (SSSR count). The summed E-state index contributed by atoms with van der Waals surface area (Å²) < 4.78 is 5.31. The van der Waals surface area contributed by atoms with E-state index in [1.54, 1.807) is 0 Å². The Bertz CT molecular complexity index is 3150. The first kappa shape index (κ1) is 30.4. The molecule has 0 atom stereocenters. The van der Waals surface area contributed by atoms with Crippen LogP contribution < -0.4 is 4.90 Å². The standard InChI is InChI=1S/C50H31NS2/c1-2-11-32(12-3-1)33-21-25-36(26-22-33)51(37-27-23-34(24-28-37)43-31-35-13-4-5-14-38(35)39-15-6-7-16-40(39)43)44-18-10-20-46-48(44)49-47(52-46)30-29-42-41-17-8-9-19-45(41)53-50(42)49/h1-31H. The topological polar surface area (TPSA) is 3.24 Å². The summed E-state index contributed by atoms with van der Waals surface area (Å²) in [6.45, 7) is 0. The lowest BCUT2D eigenvalue weighted by atomic mass is 9.93. The average Bonchev–Trinajstić information content (AvgIpc) is 3.81. The van der Waals surface area contributed by atoms with Gasteiger partial charge in [-0.25, -0.2) is 0 Å². The minimum Gasteiger partial charge on any atom is -0.310 e. The van der Waals surface area contributed by atoms with Crippen LogP contribution >= 0.6 is 22.7 Å². The molecule has 3 heteroatoms. The van der Waals surface area contributed by atoms with Gasteiger partial charge in [0.25, 0.3) is 0 Å². The first-order valence-corrected chi connectivity index (χ1v) is 19.6. The van der Waals surface area contributed by atoms with E-state index in [1.165, 1.54) is 89.8 Å². The predicted molar refractivity (Wildman–Crippen MR) is 233 cm³/mol. The quantitative estimate of drug-likeness (QED) is 0.161.